The molecule has 0 saturated heterocycles. The molecule has 0 radical (unpaired) electrons. The van der Waals surface area contributed by atoms with Crippen molar-refractivity contribution in [1.82, 2.24) is 4.72 Å². The average Bonchev–Trinajstić information content (AvgIpc) is 3.13. The molecule has 2 rings (SSSR count). The lowest BCUT2D eigenvalue weighted by atomic mass is 10.2. The molecule has 106 valence electrons. The van der Waals surface area contributed by atoms with E-state index in [2.05, 4.69) is 4.72 Å². The van der Waals surface area contributed by atoms with Gasteiger partial charge in [-0.1, -0.05) is 12.8 Å². The van der Waals surface area contributed by atoms with Crippen LogP contribution in [0.5, 0.6) is 0 Å². The van der Waals surface area contributed by atoms with Crippen LogP contribution in [0.15, 0.2) is 17.0 Å². The van der Waals surface area contributed by atoms with Gasteiger partial charge in [-0.25, -0.2) is 21.9 Å². The molecule has 0 amide bonds. The second kappa shape index (κ2) is 5.52. The van der Waals surface area contributed by atoms with Gasteiger partial charge in [0.15, 0.2) is 5.82 Å². The van der Waals surface area contributed by atoms with E-state index in [4.69, 9.17) is 5.73 Å². The molecule has 0 spiro atoms. The van der Waals surface area contributed by atoms with E-state index in [-0.39, 0.29) is 13.1 Å². The van der Waals surface area contributed by atoms with Gasteiger partial charge < -0.3 is 5.73 Å². The van der Waals surface area contributed by atoms with Crippen molar-refractivity contribution in [3.8, 4) is 0 Å². The van der Waals surface area contributed by atoms with Crippen LogP contribution in [-0.2, 0) is 16.6 Å². The highest BCUT2D eigenvalue weighted by Gasteiger charge is 2.25. The molecule has 1 aromatic carbocycles. The zero-order valence-corrected chi connectivity index (χ0v) is 11.1. The van der Waals surface area contributed by atoms with Crippen molar-refractivity contribution in [2.45, 2.75) is 30.7 Å². The maximum absolute atomic E-state index is 13.9. The maximum Gasteiger partial charge on any atom is 0.243 e. The van der Waals surface area contributed by atoms with Crippen molar-refractivity contribution in [3.05, 3.63) is 29.3 Å². The Balaban J connectivity index is 2.18. The molecule has 1 aliphatic carbocycles. The number of hydrogen-bond acceptors (Lipinski definition) is 3. The van der Waals surface area contributed by atoms with Crippen LogP contribution in [0.4, 0.5) is 8.78 Å². The van der Waals surface area contributed by atoms with Crippen LogP contribution < -0.4 is 10.5 Å². The molecule has 3 N–H and O–H groups in total. The molecule has 0 unspecified atom stereocenters. The largest absolute Gasteiger partial charge is 0.326 e. The first-order valence-corrected chi connectivity index (χ1v) is 7.60. The zero-order chi connectivity index (χ0) is 14.0. The molecule has 1 fully saturated rings. The van der Waals surface area contributed by atoms with Gasteiger partial charge in [0.05, 0.1) is 0 Å². The van der Waals surface area contributed by atoms with Crippen LogP contribution in [0, 0.1) is 17.6 Å². The lowest BCUT2D eigenvalue weighted by Gasteiger charge is -2.10. The summed E-state index contributed by atoms with van der Waals surface area (Å²) in [6.45, 7) is -0.120. The molecule has 0 aromatic heterocycles. The Kier molecular flexibility index (Phi) is 4.17. The summed E-state index contributed by atoms with van der Waals surface area (Å²) in [6, 6.07) is 1.84. The number of nitrogens with one attached hydrogen (secondary N) is 1. The van der Waals surface area contributed by atoms with Gasteiger partial charge in [0.25, 0.3) is 0 Å². The Morgan fingerprint density at radius 2 is 2.00 bits per heavy atom. The summed E-state index contributed by atoms with van der Waals surface area (Å²) in [6.07, 6.45) is 2.97. The SMILES string of the molecule is NCc1c(F)ccc(S(=O)(=O)NCCC2CC2)c1F. The normalized spacial score (nSPS) is 15.7. The zero-order valence-electron chi connectivity index (χ0n) is 10.3. The van der Waals surface area contributed by atoms with Gasteiger partial charge in [-0.15, -0.1) is 0 Å². The van der Waals surface area contributed by atoms with Crippen molar-refractivity contribution in [2.24, 2.45) is 11.7 Å². The van der Waals surface area contributed by atoms with Gasteiger partial charge in [0.1, 0.15) is 10.7 Å². The summed E-state index contributed by atoms with van der Waals surface area (Å²) in [5.74, 6) is -1.38. The number of hydrogen-bond donors (Lipinski definition) is 2. The Morgan fingerprint density at radius 1 is 1.32 bits per heavy atom. The average molecular weight is 290 g/mol. The van der Waals surface area contributed by atoms with E-state index in [1.807, 2.05) is 0 Å². The van der Waals surface area contributed by atoms with Gasteiger partial charge in [0, 0.05) is 18.7 Å². The summed E-state index contributed by atoms with van der Waals surface area (Å²) in [4.78, 5) is -0.551. The van der Waals surface area contributed by atoms with Crippen molar-refractivity contribution in [3.63, 3.8) is 0 Å². The standard InChI is InChI=1S/C12H16F2N2O2S/c13-10-3-4-11(12(14)9(10)7-15)19(17,18)16-6-5-8-1-2-8/h3-4,8,16H,1-2,5-7,15H2. The topological polar surface area (TPSA) is 72.2 Å². The number of sulfonamides is 1. The lowest BCUT2D eigenvalue weighted by Crippen LogP contribution is -2.26. The van der Waals surface area contributed by atoms with Gasteiger partial charge in [-0.05, 0) is 24.5 Å². The summed E-state index contributed by atoms with van der Waals surface area (Å²) < 4.78 is 53.3. The highest BCUT2D eigenvalue weighted by molar-refractivity contribution is 7.89. The third-order valence-electron chi connectivity index (χ3n) is 3.19. The minimum atomic E-state index is -3.96. The molecule has 0 aliphatic heterocycles. The Labute approximate surface area is 111 Å². The number of halogens is 2. The Morgan fingerprint density at radius 3 is 2.58 bits per heavy atom. The van der Waals surface area contributed by atoms with Crippen molar-refractivity contribution in [2.75, 3.05) is 6.54 Å². The van der Waals surface area contributed by atoms with Gasteiger partial charge in [0.2, 0.25) is 10.0 Å². The molecule has 0 atom stereocenters. The number of rotatable bonds is 6. The second-order valence-corrected chi connectivity index (χ2v) is 6.41. The predicted octanol–water partition coefficient (Wildman–Crippen LogP) is 1.50. The first-order valence-electron chi connectivity index (χ1n) is 6.12. The fourth-order valence-electron chi connectivity index (χ4n) is 1.85. The van der Waals surface area contributed by atoms with Crippen LogP contribution >= 0.6 is 0 Å². The maximum atomic E-state index is 13.9. The van der Waals surface area contributed by atoms with E-state index in [1.165, 1.54) is 0 Å². The van der Waals surface area contributed by atoms with Crippen LogP contribution in [-0.4, -0.2) is 15.0 Å². The van der Waals surface area contributed by atoms with E-state index >= 15 is 0 Å². The van der Waals surface area contributed by atoms with Crippen molar-refractivity contribution in [1.29, 1.82) is 0 Å². The van der Waals surface area contributed by atoms with E-state index in [1.54, 1.807) is 0 Å². The van der Waals surface area contributed by atoms with Gasteiger partial charge in [-0.3, -0.25) is 0 Å². The second-order valence-electron chi connectivity index (χ2n) is 4.67. The first kappa shape index (κ1) is 14.4. The monoisotopic (exact) mass is 290 g/mol. The van der Waals surface area contributed by atoms with E-state index in [9.17, 15) is 17.2 Å². The summed E-state index contributed by atoms with van der Waals surface area (Å²) in [5.41, 5.74) is 4.80. The molecule has 1 aliphatic rings. The fraction of sp³-hybridized carbons (Fsp3) is 0.500. The number of nitrogens with two attached hydrogens (primary N) is 1. The summed E-state index contributed by atoms with van der Waals surface area (Å²) in [5, 5.41) is 0. The van der Waals surface area contributed by atoms with Crippen LogP contribution in [0.2, 0.25) is 0 Å². The van der Waals surface area contributed by atoms with E-state index in [0.29, 0.717) is 5.92 Å². The van der Waals surface area contributed by atoms with E-state index < -0.39 is 32.1 Å². The molecule has 0 heterocycles. The molecule has 7 heteroatoms. The van der Waals surface area contributed by atoms with Crippen LogP contribution in [0.3, 0.4) is 0 Å². The summed E-state index contributed by atoms with van der Waals surface area (Å²) in [7, 11) is -3.96. The predicted molar refractivity (Wildman–Crippen MR) is 66.8 cm³/mol. The molecular weight excluding hydrogens is 274 g/mol. The third kappa shape index (κ3) is 3.29. The highest BCUT2D eigenvalue weighted by atomic mass is 32.2. The smallest absolute Gasteiger partial charge is 0.243 e. The molecule has 1 aromatic rings. The molecule has 19 heavy (non-hydrogen) atoms. The van der Waals surface area contributed by atoms with Crippen molar-refractivity contribution >= 4 is 10.0 Å². The highest BCUT2D eigenvalue weighted by Crippen LogP contribution is 2.32. The molecular formula is C12H16F2N2O2S. The van der Waals surface area contributed by atoms with Gasteiger partial charge in [-0.2, -0.15) is 0 Å². The fourth-order valence-corrected chi connectivity index (χ4v) is 3.00. The molecule has 4 nitrogen and oxygen atoms in total. The van der Waals surface area contributed by atoms with Crippen LogP contribution in [0.25, 0.3) is 0 Å². The van der Waals surface area contributed by atoms with E-state index in [0.717, 1.165) is 31.4 Å². The summed E-state index contributed by atoms with van der Waals surface area (Å²) >= 11 is 0. The minimum absolute atomic E-state index is 0.266. The quantitative estimate of drug-likeness (QED) is 0.834. The lowest BCUT2D eigenvalue weighted by molar-refractivity contribution is 0.524. The molecule has 0 bridgehead atoms. The molecule has 1 saturated carbocycles. The van der Waals surface area contributed by atoms with Gasteiger partial charge >= 0.3 is 0 Å². The number of benzene rings is 1. The third-order valence-corrected chi connectivity index (χ3v) is 4.66. The minimum Gasteiger partial charge on any atom is -0.326 e. The first-order chi connectivity index (χ1) is 8.95. The Bertz CT molecular complexity index is 571. The van der Waals surface area contributed by atoms with Crippen molar-refractivity contribution < 1.29 is 17.2 Å². The van der Waals surface area contributed by atoms with Crippen LogP contribution in [0.1, 0.15) is 24.8 Å². The Hall–Kier alpha value is -1.05.